The third kappa shape index (κ3) is 5.29. The second-order valence-corrected chi connectivity index (χ2v) is 14.0. The van der Waals surface area contributed by atoms with E-state index in [9.17, 15) is 0 Å². The summed E-state index contributed by atoms with van der Waals surface area (Å²) in [5.41, 5.74) is 12.0. The molecule has 0 saturated carbocycles. The van der Waals surface area contributed by atoms with Gasteiger partial charge in [0.1, 0.15) is 11.2 Å². The Morgan fingerprint density at radius 1 is 0.339 bits per heavy atom. The van der Waals surface area contributed by atoms with Crippen LogP contribution in [-0.4, -0.2) is 19.5 Å². The molecule has 3 heterocycles. The van der Waals surface area contributed by atoms with Crippen molar-refractivity contribution < 1.29 is 4.42 Å². The van der Waals surface area contributed by atoms with Crippen LogP contribution in [0.1, 0.15) is 0 Å². The average molecular weight is 717 g/mol. The summed E-state index contributed by atoms with van der Waals surface area (Å²) >= 11 is 0. The first-order valence-electron chi connectivity index (χ1n) is 18.8. The van der Waals surface area contributed by atoms with Gasteiger partial charge in [0.05, 0.1) is 16.7 Å². The second kappa shape index (κ2) is 13.0. The lowest BCUT2D eigenvalue weighted by molar-refractivity contribution is 0.669. The number of hydrogen-bond donors (Lipinski definition) is 0. The topological polar surface area (TPSA) is 56.7 Å². The average Bonchev–Trinajstić information content (AvgIpc) is 3.82. The Morgan fingerprint density at radius 3 is 1.64 bits per heavy atom. The normalized spacial score (nSPS) is 11.6. The van der Waals surface area contributed by atoms with Crippen LogP contribution in [0.3, 0.4) is 0 Å². The van der Waals surface area contributed by atoms with Gasteiger partial charge in [-0.25, -0.2) is 15.0 Å². The fraction of sp³-hybridized carbons (Fsp3) is 0. The highest BCUT2D eigenvalue weighted by molar-refractivity contribution is 6.12. The van der Waals surface area contributed by atoms with Gasteiger partial charge in [0.25, 0.3) is 0 Å². The molecule has 11 rings (SSSR count). The Bertz CT molecular complexity index is 3240. The Balaban J connectivity index is 1.23. The van der Waals surface area contributed by atoms with Gasteiger partial charge in [-0.2, -0.15) is 0 Å². The third-order valence-electron chi connectivity index (χ3n) is 10.7. The minimum Gasteiger partial charge on any atom is -0.456 e. The van der Waals surface area contributed by atoms with Crippen LogP contribution in [0.5, 0.6) is 0 Å². The lowest BCUT2D eigenvalue weighted by Crippen LogP contribution is -2.04. The first kappa shape index (κ1) is 31.9. The summed E-state index contributed by atoms with van der Waals surface area (Å²) in [5, 5.41) is 4.36. The van der Waals surface area contributed by atoms with Crippen molar-refractivity contribution in [2.45, 2.75) is 0 Å². The van der Waals surface area contributed by atoms with Gasteiger partial charge in [-0.1, -0.05) is 158 Å². The molecule has 0 radical (unpaired) electrons. The number of aromatic nitrogens is 4. The molecule has 56 heavy (non-hydrogen) atoms. The Kier molecular flexibility index (Phi) is 7.42. The predicted molar refractivity (Wildman–Crippen MR) is 229 cm³/mol. The van der Waals surface area contributed by atoms with Crippen molar-refractivity contribution >= 4 is 43.7 Å². The summed E-state index contributed by atoms with van der Waals surface area (Å²) in [5.74, 6) is 1.76. The van der Waals surface area contributed by atoms with Gasteiger partial charge in [-0.3, -0.25) is 0 Å². The molecule has 0 N–H and O–H groups in total. The molecule has 5 heteroatoms. The van der Waals surface area contributed by atoms with E-state index in [0.717, 1.165) is 72.0 Å². The maximum Gasteiger partial charge on any atom is 0.166 e. The maximum absolute atomic E-state index is 6.32. The fourth-order valence-electron chi connectivity index (χ4n) is 8.05. The minimum atomic E-state index is 0.581. The third-order valence-corrected chi connectivity index (χ3v) is 10.7. The summed E-state index contributed by atoms with van der Waals surface area (Å²) in [6.07, 6.45) is 0. The molecule has 5 nitrogen and oxygen atoms in total. The SMILES string of the molecule is c1ccc(-c2ccc(-c3nc(-c4ccccc4)nc(-c4cccc5oc6ccccc6c45)n3)c(-n3c4ccccc4c4ccc(-c5ccccc5)cc43)c2)cc1. The Labute approximate surface area is 322 Å². The molecule has 0 aliphatic rings. The smallest absolute Gasteiger partial charge is 0.166 e. The van der Waals surface area contributed by atoms with Crippen LogP contribution >= 0.6 is 0 Å². The van der Waals surface area contributed by atoms with Gasteiger partial charge in [-0.15, -0.1) is 0 Å². The molecular weight excluding hydrogens is 685 g/mol. The maximum atomic E-state index is 6.32. The molecule has 0 aliphatic carbocycles. The lowest BCUT2D eigenvalue weighted by atomic mass is 10.0. The van der Waals surface area contributed by atoms with Crippen molar-refractivity contribution in [2.75, 3.05) is 0 Å². The van der Waals surface area contributed by atoms with Gasteiger partial charge in [0.2, 0.25) is 0 Å². The number of nitrogens with zero attached hydrogens (tertiary/aromatic N) is 4. The largest absolute Gasteiger partial charge is 0.456 e. The van der Waals surface area contributed by atoms with Crippen LogP contribution in [0.25, 0.3) is 106 Å². The summed E-state index contributed by atoms with van der Waals surface area (Å²) in [6.45, 7) is 0. The van der Waals surface area contributed by atoms with Crippen LogP contribution in [-0.2, 0) is 0 Å². The molecule has 0 aliphatic heterocycles. The van der Waals surface area contributed by atoms with E-state index in [1.807, 2.05) is 60.7 Å². The zero-order chi connectivity index (χ0) is 37.0. The number of para-hydroxylation sites is 2. The van der Waals surface area contributed by atoms with Gasteiger partial charge < -0.3 is 8.98 Å². The van der Waals surface area contributed by atoms with Gasteiger partial charge in [0, 0.05) is 38.2 Å². The first-order chi connectivity index (χ1) is 27.8. The minimum absolute atomic E-state index is 0.581. The van der Waals surface area contributed by atoms with Crippen molar-refractivity contribution in [2.24, 2.45) is 0 Å². The molecule has 8 aromatic carbocycles. The van der Waals surface area contributed by atoms with Crippen LogP contribution in [0.15, 0.2) is 199 Å². The van der Waals surface area contributed by atoms with E-state index >= 15 is 0 Å². The fourth-order valence-corrected chi connectivity index (χ4v) is 8.05. The Morgan fingerprint density at radius 2 is 0.893 bits per heavy atom. The van der Waals surface area contributed by atoms with E-state index in [4.69, 9.17) is 19.4 Å². The molecular formula is C51H32N4O. The van der Waals surface area contributed by atoms with E-state index in [1.165, 1.54) is 16.3 Å². The predicted octanol–water partition coefficient (Wildman–Crippen LogP) is 13.2. The Hall–Kier alpha value is -7.63. The standard InChI is InChI=1S/C51H32N4O/c1-4-15-33(16-5-1)36-27-29-39-38-21-10-12-24-43(38)55(44(39)31-36)45-32-37(34-17-6-2-7-18-34)28-30-40(45)50-52-49(35-19-8-3-9-20-35)53-51(54-50)42-23-14-26-47-48(42)41-22-11-13-25-46(41)56-47/h1-32H. The summed E-state index contributed by atoms with van der Waals surface area (Å²) in [4.78, 5) is 15.8. The molecule has 11 aromatic rings. The molecule has 262 valence electrons. The summed E-state index contributed by atoms with van der Waals surface area (Å²) in [7, 11) is 0. The number of fused-ring (bicyclic) bond motifs is 6. The zero-order valence-electron chi connectivity index (χ0n) is 30.2. The number of rotatable bonds is 6. The highest BCUT2D eigenvalue weighted by Gasteiger charge is 2.22. The second-order valence-electron chi connectivity index (χ2n) is 14.0. The van der Waals surface area contributed by atoms with Gasteiger partial charge in [0.15, 0.2) is 17.5 Å². The molecule has 0 amide bonds. The molecule has 3 aromatic heterocycles. The van der Waals surface area contributed by atoms with E-state index in [1.54, 1.807) is 0 Å². The molecule has 0 fully saturated rings. The number of benzene rings is 8. The zero-order valence-corrected chi connectivity index (χ0v) is 30.2. The molecule has 0 saturated heterocycles. The quantitative estimate of drug-likeness (QED) is 0.172. The van der Waals surface area contributed by atoms with E-state index in [0.29, 0.717) is 17.5 Å². The monoisotopic (exact) mass is 716 g/mol. The molecule has 0 spiro atoms. The van der Waals surface area contributed by atoms with Gasteiger partial charge >= 0.3 is 0 Å². The van der Waals surface area contributed by atoms with Crippen molar-refractivity contribution in [3.63, 3.8) is 0 Å². The molecule has 0 bridgehead atoms. The molecule has 0 atom stereocenters. The lowest BCUT2D eigenvalue weighted by Gasteiger charge is -2.17. The van der Waals surface area contributed by atoms with Crippen LogP contribution < -0.4 is 0 Å². The number of hydrogen-bond acceptors (Lipinski definition) is 4. The highest BCUT2D eigenvalue weighted by atomic mass is 16.3. The van der Waals surface area contributed by atoms with Crippen molar-refractivity contribution in [3.8, 4) is 62.1 Å². The van der Waals surface area contributed by atoms with E-state index in [2.05, 4.69) is 138 Å². The van der Waals surface area contributed by atoms with Crippen molar-refractivity contribution in [3.05, 3.63) is 194 Å². The summed E-state index contributed by atoms with van der Waals surface area (Å²) in [6, 6.07) is 67.5. The first-order valence-corrected chi connectivity index (χ1v) is 18.8. The molecule has 0 unspecified atom stereocenters. The summed E-state index contributed by atoms with van der Waals surface area (Å²) < 4.78 is 8.70. The van der Waals surface area contributed by atoms with Gasteiger partial charge in [-0.05, 0) is 58.7 Å². The van der Waals surface area contributed by atoms with E-state index < -0.39 is 0 Å². The van der Waals surface area contributed by atoms with E-state index in [-0.39, 0.29) is 0 Å². The van der Waals surface area contributed by atoms with Crippen LogP contribution in [0, 0.1) is 0 Å². The van der Waals surface area contributed by atoms with Crippen LogP contribution in [0.4, 0.5) is 0 Å². The van der Waals surface area contributed by atoms with Crippen molar-refractivity contribution in [1.82, 2.24) is 19.5 Å². The number of furan rings is 1. The van der Waals surface area contributed by atoms with Crippen molar-refractivity contribution in [1.29, 1.82) is 0 Å². The highest BCUT2D eigenvalue weighted by Crippen LogP contribution is 2.41. The van der Waals surface area contributed by atoms with Crippen LogP contribution in [0.2, 0.25) is 0 Å².